The van der Waals surface area contributed by atoms with Crippen LogP contribution in [0.2, 0.25) is 0 Å². The van der Waals surface area contributed by atoms with Gasteiger partial charge >= 0.3 is 0 Å². The predicted octanol–water partition coefficient (Wildman–Crippen LogP) is 1.42. The van der Waals surface area contributed by atoms with Gasteiger partial charge in [-0.15, -0.1) is 6.54 Å². The van der Waals surface area contributed by atoms with Crippen LogP contribution in [0.25, 0.3) is 0 Å². The molecule has 0 bridgehead atoms. The first kappa shape index (κ1) is 16.0. The summed E-state index contributed by atoms with van der Waals surface area (Å²) in [7, 11) is 0. The van der Waals surface area contributed by atoms with Gasteiger partial charge in [0.1, 0.15) is 6.79 Å². The smallest absolute Gasteiger partial charge is 0.140 e. The van der Waals surface area contributed by atoms with Crippen molar-refractivity contribution in [1.29, 1.82) is 0 Å². The fourth-order valence-corrected chi connectivity index (χ4v) is 1.64. The van der Waals surface area contributed by atoms with Crippen LogP contribution in [-0.4, -0.2) is 30.1 Å². The van der Waals surface area contributed by atoms with Crippen LogP contribution < -0.4 is 4.90 Å². The van der Waals surface area contributed by atoms with Gasteiger partial charge in [0, 0.05) is 43.3 Å². The molecule has 1 saturated heterocycles. The second-order valence-electron chi connectivity index (χ2n) is 3.35. The van der Waals surface area contributed by atoms with E-state index in [0.717, 1.165) is 6.54 Å². The van der Waals surface area contributed by atoms with Crippen LogP contribution in [0.15, 0.2) is 30.3 Å². The number of anilines is 1. The van der Waals surface area contributed by atoms with Gasteiger partial charge in [-0.2, -0.15) is 6.42 Å². The third-order valence-corrected chi connectivity index (χ3v) is 2.31. The van der Waals surface area contributed by atoms with Gasteiger partial charge in [-0.1, -0.05) is 24.6 Å². The van der Waals surface area contributed by atoms with Gasteiger partial charge < -0.3 is 21.5 Å². The molecule has 1 fully saturated rings. The Labute approximate surface area is 121 Å². The van der Waals surface area contributed by atoms with Crippen LogP contribution in [0, 0.1) is 37.5 Å². The van der Waals surface area contributed by atoms with Gasteiger partial charge in [0.05, 0.1) is 0 Å². The standard InChI is InChI=1S/C11H14N.CH4O2.U/c1-3-7-11(8-4-1)12-9-5-2-6-10-12;2-1-3;/h1,3-5,7-8H,2,6,9-10H2;2-3H,1H2;/q-1;;. The first-order chi connectivity index (χ1) is 7.38. The number of hydrogen-bond donors (Lipinski definition) is 2. The van der Waals surface area contributed by atoms with Crippen molar-refractivity contribution < 1.29 is 41.3 Å². The molecule has 0 amide bonds. The van der Waals surface area contributed by atoms with Crippen LogP contribution in [0.3, 0.4) is 0 Å². The Bertz CT molecular complexity index is 250. The maximum Gasteiger partial charge on any atom is 0.140 e. The molecule has 0 atom stereocenters. The quantitative estimate of drug-likeness (QED) is 0.507. The molecule has 3 nitrogen and oxygen atoms in total. The molecule has 1 aliphatic rings. The zero-order valence-corrected chi connectivity index (χ0v) is 13.5. The predicted molar refractivity (Wildman–Crippen MR) is 61.5 cm³/mol. The SMILES string of the molecule is OCO.[U].c1ccc(N2C[CH-]CCC2)cc1. The van der Waals surface area contributed by atoms with Crippen LogP contribution >= 0.6 is 0 Å². The summed E-state index contributed by atoms with van der Waals surface area (Å²) in [5, 5.41) is 14.2. The molecule has 4 heteroatoms. The number of nitrogens with zero attached hydrogens (tertiary/aromatic N) is 1. The minimum Gasteiger partial charge on any atom is -0.401 e. The third kappa shape index (κ3) is 5.91. The van der Waals surface area contributed by atoms with Crippen LogP contribution in [-0.2, 0) is 0 Å². The minimum absolute atomic E-state index is 0. The monoisotopic (exact) mass is 446 g/mol. The van der Waals surface area contributed by atoms with Crippen molar-refractivity contribution in [3.63, 3.8) is 0 Å². The van der Waals surface area contributed by atoms with Crippen LogP contribution in [0.4, 0.5) is 5.69 Å². The maximum absolute atomic E-state index is 7.12. The summed E-state index contributed by atoms with van der Waals surface area (Å²) in [6, 6.07) is 10.6. The zero-order valence-electron chi connectivity index (χ0n) is 9.34. The summed E-state index contributed by atoms with van der Waals surface area (Å²) in [4.78, 5) is 2.42. The molecule has 1 aliphatic heterocycles. The number of piperidine rings is 1. The molecular formula is C12H18NO2U-. The zero-order chi connectivity index (χ0) is 10.9. The molecule has 88 valence electrons. The Kier molecular flexibility index (Phi) is 10.2. The van der Waals surface area contributed by atoms with Gasteiger partial charge in [-0.05, 0) is 12.1 Å². The molecule has 1 aromatic rings. The Balaban J connectivity index is 0.000000511. The second kappa shape index (κ2) is 10.2. The van der Waals surface area contributed by atoms with E-state index in [0.29, 0.717) is 0 Å². The van der Waals surface area contributed by atoms with Crippen LogP contribution in [0.1, 0.15) is 12.8 Å². The molecule has 1 aromatic carbocycles. The summed E-state index contributed by atoms with van der Waals surface area (Å²) in [5.41, 5.74) is 1.36. The molecular weight excluding hydrogens is 428 g/mol. The number of benzene rings is 1. The first-order valence-electron chi connectivity index (χ1n) is 5.22. The summed E-state index contributed by atoms with van der Waals surface area (Å²) >= 11 is 0. The summed E-state index contributed by atoms with van der Waals surface area (Å²) in [5.74, 6) is 0. The molecule has 1 heterocycles. The van der Waals surface area contributed by atoms with E-state index in [2.05, 4.69) is 41.7 Å². The van der Waals surface area contributed by atoms with Crippen molar-refractivity contribution in [2.24, 2.45) is 0 Å². The van der Waals surface area contributed by atoms with E-state index in [1.807, 2.05) is 0 Å². The maximum atomic E-state index is 7.12. The van der Waals surface area contributed by atoms with E-state index in [9.17, 15) is 0 Å². The molecule has 2 N–H and O–H groups in total. The summed E-state index contributed by atoms with van der Waals surface area (Å²) in [6.07, 6.45) is 4.94. The number of aliphatic hydroxyl groups excluding tert-OH is 1. The van der Waals surface area contributed by atoms with Gasteiger partial charge in [0.15, 0.2) is 0 Å². The van der Waals surface area contributed by atoms with E-state index >= 15 is 0 Å². The second-order valence-corrected chi connectivity index (χ2v) is 3.35. The van der Waals surface area contributed by atoms with Crippen molar-refractivity contribution in [3.05, 3.63) is 36.8 Å². The third-order valence-electron chi connectivity index (χ3n) is 2.31. The fourth-order valence-electron chi connectivity index (χ4n) is 1.64. The van der Waals surface area contributed by atoms with Gasteiger partial charge in [0.25, 0.3) is 0 Å². The van der Waals surface area contributed by atoms with Crippen molar-refractivity contribution in [3.8, 4) is 0 Å². The van der Waals surface area contributed by atoms with Gasteiger partial charge in [-0.3, -0.25) is 0 Å². The average Bonchev–Trinajstić information content (AvgIpc) is 2.32. The van der Waals surface area contributed by atoms with E-state index in [4.69, 9.17) is 10.2 Å². The number of rotatable bonds is 1. The van der Waals surface area contributed by atoms with Gasteiger partial charge in [0.2, 0.25) is 0 Å². The first-order valence-corrected chi connectivity index (χ1v) is 5.22. The Morgan fingerprint density at radius 2 is 1.81 bits per heavy atom. The number of para-hydroxylation sites is 1. The van der Waals surface area contributed by atoms with Crippen molar-refractivity contribution in [1.82, 2.24) is 0 Å². The largest absolute Gasteiger partial charge is 0.401 e. The topological polar surface area (TPSA) is 43.7 Å². The van der Waals surface area contributed by atoms with Crippen molar-refractivity contribution in [2.45, 2.75) is 12.8 Å². The Morgan fingerprint density at radius 3 is 2.31 bits per heavy atom. The van der Waals surface area contributed by atoms with Crippen LogP contribution in [0.5, 0.6) is 0 Å². The molecule has 2 rings (SSSR count). The number of hydrogen-bond acceptors (Lipinski definition) is 3. The number of aliphatic hydroxyl groups is 2. The van der Waals surface area contributed by atoms with Crippen molar-refractivity contribution in [2.75, 3.05) is 24.8 Å². The van der Waals surface area contributed by atoms with Crippen molar-refractivity contribution >= 4 is 5.69 Å². The minimum atomic E-state index is -0.750. The molecule has 0 radical (unpaired) electrons. The summed E-state index contributed by atoms with van der Waals surface area (Å²) in [6.45, 7) is 1.57. The Morgan fingerprint density at radius 1 is 1.19 bits per heavy atom. The molecule has 16 heavy (non-hydrogen) atoms. The van der Waals surface area contributed by atoms with E-state index < -0.39 is 6.79 Å². The van der Waals surface area contributed by atoms with E-state index in [-0.39, 0.29) is 31.1 Å². The molecule has 0 aliphatic carbocycles. The normalized spacial score (nSPS) is 14.5. The van der Waals surface area contributed by atoms with E-state index in [1.165, 1.54) is 25.1 Å². The summed E-state index contributed by atoms with van der Waals surface area (Å²) < 4.78 is 0. The average molecular weight is 446 g/mol. The fraction of sp³-hybridized carbons (Fsp3) is 0.417. The molecule has 0 aromatic heterocycles. The molecule has 0 spiro atoms. The molecule has 0 unspecified atom stereocenters. The van der Waals surface area contributed by atoms with E-state index in [1.54, 1.807) is 0 Å². The Hall–Kier alpha value is -0.00805. The van der Waals surface area contributed by atoms with Gasteiger partial charge in [-0.25, -0.2) is 0 Å². The molecule has 0 saturated carbocycles.